The predicted octanol–water partition coefficient (Wildman–Crippen LogP) is 4.64. The molecule has 4 rings (SSSR count). The first-order chi connectivity index (χ1) is 15.1. The lowest BCUT2D eigenvalue weighted by Crippen LogP contribution is -2.41. The van der Waals surface area contributed by atoms with Crippen LogP contribution in [0.5, 0.6) is 5.75 Å². The number of rotatable bonds is 6. The Bertz CT molecular complexity index is 1000. The molecule has 0 bridgehead atoms. The van der Waals surface area contributed by atoms with Gasteiger partial charge in [-0.1, -0.05) is 54.6 Å². The average Bonchev–Trinajstić information content (AvgIpc) is 2.80. The van der Waals surface area contributed by atoms with E-state index in [1.165, 1.54) is 16.7 Å². The Morgan fingerprint density at radius 2 is 1.65 bits per heavy atom. The van der Waals surface area contributed by atoms with Crippen molar-refractivity contribution in [2.24, 2.45) is 0 Å². The van der Waals surface area contributed by atoms with Crippen LogP contribution >= 0.6 is 0 Å². The monoisotopic (exact) mass is 415 g/mol. The quantitative estimate of drug-likeness (QED) is 0.637. The number of nitrogens with zero attached hydrogens (tertiary/aromatic N) is 2. The number of anilines is 1. The van der Waals surface area contributed by atoms with Crippen molar-refractivity contribution in [3.8, 4) is 5.75 Å². The Balaban J connectivity index is 1.50. The Morgan fingerprint density at radius 1 is 0.968 bits per heavy atom. The van der Waals surface area contributed by atoms with E-state index in [9.17, 15) is 4.79 Å². The van der Waals surface area contributed by atoms with Crippen LogP contribution in [0.15, 0.2) is 78.9 Å². The van der Waals surface area contributed by atoms with Gasteiger partial charge in [-0.05, 0) is 47.4 Å². The Morgan fingerprint density at radius 3 is 2.35 bits per heavy atom. The topological polar surface area (TPSA) is 44.8 Å². The van der Waals surface area contributed by atoms with Gasteiger partial charge in [-0.2, -0.15) is 0 Å². The largest absolute Gasteiger partial charge is 0.412 e. The standard InChI is InChI=1S/C26H29N3O2/c1-28(2)23-14-12-21(13-15-23)25(18-27-26(30)31-24-10-4-3-5-11-24)29-17-16-20-8-6-7-9-22(20)19-29/h3-15,25H,16-19H2,1-2H3,(H,27,30)/t25-/m0/s1. The zero-order valence-corrected chi connectivity index (χ0v) is 18.1. The van der Waals surface area contributed by atoms with Crippen molar-refractivity contribution in [1.29, 1.82) is 0 Å². The van der Waals surface area contributed by atoms with E-state index in [0.29, 0.717) is 12.3 Å². The minimum Gasteiger partial charge on any atom is -0.410 e. The van der Waals surface area contributed by atoms with Crippen molar-refractivity contribution < 1.29 is 9.53 Å². The number of benzene rings is 3. The fourth-order valence-electron chi connectivity index (χ4n) is 4.05. The molecule has 0 aliphatic carbocycles. The van der Waals surface area contributed by atoms with Crippen LogP contribution in [0, 0.1) is 0 Å². The molecule has 0 unspecified atom stereocenters. The summed E-state index contributed by atoms with van der Waals surface area (Å²) in [6.07, 6.45) is 0.579. The summed E-state index contributed by atoms with van der Waals surface area (Å²) in [5.41, 5.74) is 5.11. The highest BCUT2D eigenvalue weighted by Gasteiger charge is 2.25. The van der Waals surface area contributed by atoms with Crippen molar-refractivity contribution >= 4 is 11.8 Å². The molecule has 1 N–H and O–H groups in total. The molecule has 1 heterocycles. The molecule has 0 aromatic heterocycles. The number of carbonyl (C=O) groups excluding carboxylic acids is 1. The van der Waals surface area contributed by atoms with Crippen molar-refractivity contribution in [2.75, 3.05) is 32.1 Å². The molecule has 160 valence electrons. The lowest BCUT2D eigenvalue weighted by Gasteiger charge is -2.36. The number of ether oxygens (including phenoxy) is 1. The van der Waals surface area contributed by atoms with Gasteiger partial charge < -0.3 is 15.0 Å². The second-order valence-electron chi connectivity index (χ2n) is 8.07. The van der Waals surface area contributed by atoms with E-state index in [-0.39, 0.29) is 6.04 Å². The summed E-state index contributed by atoms with van der Waals surface area (Å²) in [5.74, 6) is 0.541. The van der Waals surface area contributed by atoms with Gasteiger partial charge in [0.15, 0.2) is 0 Å². The highest BCUT2D eigenvalue weighted by atomic mass is 16.6. The van der Waals surface area contributed by atoms with Crippen molar-refractivity contribution in [1.82, 2.24) is 10.2 Å². The van der Waals surface area contributed by atoms with Crippen molar-refractivity contribution in [2.45, 2.75) is 19.0 Å². The average molecular weight is 416 g/mol. The fourth-order valence-corrected chi connectivity index (χ4v) is 4.05. The fraction of sp³-hybridized carbons (Fsp3) is 0.269. The first-order valence-corrected chi connectivity index (χ1v) is 10.7. The number of para-hydroxylation sites is 1. The second-order valence-corrected chi connectivity index (χ2v) is 8.07. The number of carbonyl (C=O) groups is 1. The Labute approximate surface area is 184 Å². The molecule has 3 aromatic rings. The third-order valence-corrected chi connectivity index (χ3v) is 5.79. The highest BCUT2D eigenvalue weighted by molar-refractivity contribution is 5.70. The van der Waals surface area contributed by atoms with E-state index in [1.54, 1.807) is 12.1 Å². The van der Waals surface area contributed by atoms with Gasteiger partial charge in [-0.25, -0.2) is 4.79 Å². The van der Waals surface area contributed by atoms with Gasteiger partial charge >= 0.3 is 6.09 Å². The summed E-state index contributed by atoms with van der Waals surface area (Å²) in [5, 5.41) is 2.98. The Kier molecular flexibility index (Phi) is 6.53. The number of fused-ring (bicyclic) bond motifs is 1. The normalized spacial score (nSPS) is 14.4. The van der Waals surface area contributed by atoms with Crippen LogP contribution in [0.1, 0.15) is 22.7 Å². The van der Waals surface area contributed by atoms with Gasteiger partial charge in [-0.15, -0.1) is 0 Å². The van der Waals surface area contributed by atoms with E-state index in [4.69, 9.17) is 4.74 Å². The van der Waals surface area contributed by atoms with Gasteiger partial charge in [0.05, 0.1) is 6.04 Å². The molecule has 1 aliphatic rings. The molecule has 0 fully saturated rings. The molecule has 31 heavy (non-hydrogen) atoms. The maximum absolute atomic E-state index is 12.4. The first-order valence-electron chi connectivity index (χ1n) is 10.7. The minimum atomic E-state index is -0.432. The summed E-state index contributed by atoms with van der Waals surface area (Å²) >= 11 is 0. The van der Waals surface area contributed by atoms with Crippen LogP contribution in [-0.2, 0) is 13.0 Å². The number of hydrogen-bond acceptors (Lipinski definition) is 4. The minimum absolute atomic E-state index is 0.0629. The predicted molar refractivity (Wildman–Crippen MR) is 125 cm³/mol. The Hall–Kier alpha value is -3.31. The van der Waals surface area contributed by atoms with Gasteiger partial charge in [-0.3, -0.25) is 4.90 Å². The highest BCUT2D eigenvalue weighted by Crippen LogP contribution is 2.28. The van der Waals surface area contributed by atoms with Crippen LogP contribution in [0.25, 0.3) is 0 Å². The van der Waals surface area contributed by atoms with E-state index < -0.39 is 6.09 Å². The summed E-state index contributed by atoms with van der Waals surface area (Å²) in [6.45, 7) is 2.30. The summed E-state index contributed by atoms with van der Waals surface area (Å²) in [6, 6.07) is 26.4. The van der Waals surface area contributed by atoms with Crippen LogP contribution in [-0.4, -0.2) is 38.2 Å². The maximum Gasteiger partial charge on any atom is 0.412 e. The molecule has 0 spiro atoms. The van der Waals surface area contributed by atoms with Crippen molar-refractivity contribution in [3.63, 3.8) is 0 Å². The lowest BCUT2D eigenvalue weighted by molar-refractivity contribution is 0.165. The van der Waals surface area contributed by atoms with Crippen LogP contribution in [0.3, 0.4) is 0 Å². The second kappa shape index (κ2) is 9.67. The van der Waals surface area contributed by atoms with Gasteiger partial charge in [0.25, 0.3) is 0 Å². The molecule has 5 nitrogen and oxygen atoms in total. The molecule has 5 heteroatoms. The van der Waals surface area contributed by atoms with Crippen LogP contribution < -0.4 is 15.0 Å². The molecule has 0 saturated heterocycles. The van der Waals surface area contributed by atoms with E-state index in [1.807, 2.05) is 32.3 Å². The van der Waals surface area contributed by atoms with Crippen molar-refractivity contribution in [3.05, 3.63) is 95.6 Å². The van der Waals surface area contributed by atoms with Gasteiger partial charge in [0.1, 0.15) is 5.75 Å². The maximum atomic E-state index is 12.4. The molecular formula is C26H29N3O2. The number of hydrogen-bond donors (Lipinski definition) is 1. The third kappa shape index (κ3) is 5.25. The number of nitrogens with one attached hydrogen (secondary N) is 1. The SMILES string of the molecule is CN(C)c1ccc([C@H](CNC(=O)Oc2ccccc2)N2CCc3ccccc3C2)cc1. The van der Waals surface area contributed by atoms with Gasteiger partial charge in [0, 0.05) is 39.4 Å². The molecular weight excluding hydrogens is 386 g/mol. The van der Waals surface area contributed by atoms with Crippen LogP contribution in [0.4, 0.5) is 10.5 Å². The zero-order chi connectivity index (χ0) is 21.6. The van der Waals surface area contributed by atoms with Gasteiger partial charge in [0.2, 0.25) is 0 Å². The molecule has 3 aromatic carbocycles. The van der Waals surface area contributed by atoms with E-state index in [0.717, 1.165) is 25.2 Å². The summed E-state index contributed by atoms with van der Waals surface area (Å²) < 4.78 is 5.42. The smallest absolute Gasteiger partial charge is 0.410 e. The molecule has 1 amide bonds. The zero-order valence-electron chi connectivity index (χ0n) is 18.1. The molecule has 1 aliphatic heterocycles. The lowest BCUT2D eigenvalue weighted by atomic mass is 9.96. The molecule has 0 radical (unpaired) electrons. The van der Waals surface area contributed by atoms with E-state index in [2.05, 4.69) is 63.6 Å². The molecule has 0 saturated carbocycles. The molecule has 1 atom stereocenters. The summed E-state index contributed by atoms with van der Waals surface area (Å²) in [7, 11) is 4.07. The first kappa shape index (κ1) is 20.9. The summed E-state index contributed by atoms with van der Waals surface area (Å²) in [4.78, 5) is 16.9. The number of amides is 1. The van der Waals surface area contributed by atoms with E-state index >= 15 is 0 Å². The third-order valence-electron chi connectivity index (χ3n) is 5.79. The van der Waals surface area contributed by atoms with Crippen LogP contribution in [0.2, 0.25) is 0 Å².